The van der Waals surface area contributed by atoms with Gasteiger partial charge in [0.25, 0.3) is 0 Å². The van der Waals surface area contributed by atoms with Crippen LogP contribution in [0.5, 0.6) is 0 Å². The minimum Gasteiger partial charge on any atom is -0.301 e. The van der Waals surface area contributed by atoms with Crippen molar-refractivity contribution in [2.75, 3.05) is 19.6 Å². The van der Waals surface area contributed by atoms with Crippen LogP contribution in [0.25, 0.3) is 0 Å². The average Bonchev–Trinajstić information content (AvgIpc) is 2.16. The van der Waals surface area contributed by atoms with Crippen LogP contribution in [0.15, 0.2) is 0 Å². The van der Waals surface area contributed by atoms with E-state index in [9.17, 15) is 0 Å². The largest absolute Gasteiger partial charge is 0.301 e. The van der Waals surface area contributed by atoms with Gasteiger partial charge in [-0.15, -0.1) is 0 Å². The third kappa shape index (κ3) is 5.15. The molecule has 1 heterocycles. The first kappa shape index (κ1) is 12.5. The molecular weight excluding hydrogens is 186 g/mol. The van der Waals surface area contributed by atoms with Gasteiger partial charge in [0.2, 0.25) is 0 Å². The van der Waals surface area contributed by atoms with Gasteiger partial charge in [-0.05, 0) is 46.7 Å². The highest BCUT2D eigenvalue weighted by Crippen LogP contribution is 2.10. The number of hydrogen-bond acceptors (Lipinski definition) is 3. The number of likely N-dealkylation sites (tertiary alicyclic amines) is 1. The smallest absolute Gasteiger partial charge is 0.108 e. The van der Waals surface area contributed by atoms with E-state index in [0.29, 0.717) is 0 Å². The summed E-state index contributed by atoms with van der Waals surface area (Å²) in [4.78, 5) is 2.40. The van der Waals surface area contributed by atoms with Gasteiger partial charge in [0.1, 0.15) is 6.04 Å². The number of hydrogen-bond donors (Lipinski definition) is 1. The van der Waals surface area contributed by atoms with Crippen molar-refractivity contribution >= 4 is 0 Å². The SMILES string of the molecule is CC(C)(C)NC(C#N)CN1CCCCC1. The zero-order valence-electron chi connectivity index (χ0n) is 10.2. The summed E-state index contributed by atoms with van der Waals surface area (Å²) in [6.45, 7) is 9.50. The predicted molar refractivity (Wildman–Crippen MR) is 62.6 cm³/mol. The summed E-state index contributed by atoms with van der Waals surface area (Å²) in [5, 5.41) is 12.4. The van der Waals surface area contributed by atoms with E-state index in [2.05, 4.69) is 37.1 Å². The third-order valence-electron chi connectivity index (χ3n) is 2.65. The normalized spacial score (nSPS) is 20.9. The minimum atomic E-state index is -0.0388. The highest BCUT2D eigenvalue weighted by molar-refractivity contribution is 4.95. The Kier molecular flexibility index (Phi) is 4.56. The van der Waals surface area contributed by atoms with E-state index in [0.717, 1.165) is 19.6 Å². The fourth-order valence-electron chi connectivity index (χ4n) is 2.04. The van der Waals surface area contributed by atoms with Crippen LogP contribution in [0.3, 0.4) is 0 Å². The lowest BCUT2D eigenvalue weighted by Crippen LogP contribution is -2.49. The number of piperidine rings is 1. The Bertz CT molecular complexity index is 218. The van der Waals surface area contributed by atoms with Gasteiger partial charge in [-0.25, -0.2) is 0 Å². The topological polar surface area (TPSA) is 39.1 Å². The van der Waals surface area contributed by atoms with Crippen molar-refractivity contribution in [3.8, 4) is 6.07 Å². The molecule has 3 nitrogen and oxygen atoms in total. The third-order valence-corrected chi connectivity index (χ3v) is 2.65. The second-order valence-corrected chi connectivity index (χ2v) is 5.44. The van der Waals surface area contributed by atoms with Gasteiger partial charge in [0, 0.05) is 12.1 Å². The van der Waals surface area contributed by atoms with E-state index < -0.39 is 0 Å². The fourth-order valence-corrected chi connectivity index (χ4v) is 2.04. The van der Waals surface area contributed by atoms with Crippen molar-refractivity contribution in [1.29, 1.82) is 5.26 Å². The van der Waals surface area contributed by atoms with Crippen LogP contribution in [0, 0.1) is 11.3 Å². The maximum absolute atomic E-state index is 9.08. The van der Waals surface area contributed by atoms with E-state index in [1.54, 1.807) is 0 Å². The first-order valence-corrected chi connectivity index (χ1v) is 5.91. The summed E-state index contributed by atoms with van der Waals surface area (Å²) in [5.41, 5.74) is 0.0240. The number of nitrogens with one attached hydrogen (secondary N) is 1. The highest BCUT2D eigenvalue weighted by Gasteiger charge is 2.20. The molecule has 0 amide bonds. The zero-order chi connectivity index (χ0) is 11.3. The Morgan fingerprint density at radius 1 is 1.27 bits per heavy atom. The van der Waals surface area contributed by atoms with Crippen LogP contribution in [0.1, 0.15) is 40.0 Å². The molecule has 1 N–H and O–H groups in total. The molecule has 1 unspecified atom stereocenters. The Morgan fingerprint density at radius 3 is 2.33 bits per heavy atom. The van der Waals surface area contributed by atoms with Gasteiger partial charge in [-0.2, -0.15) is 5.26 Å². The molecule has 1 atom stereocenters. The van der Waals surface area contributed by atoms with Crippen molar-refractivity contribution in [3.05, 3.63) is 0 Å². The Balaban J connectivity index is 2.36. The van der Waals surface area contributed by atoms with Crippen molar-refractivity contribution in [2.45, 2.75) is 51.6 Å². The monoisotopic (exact) mass is 209 g/mol. The van der Waals surface area contributed by atoms with Gasteiger partial charge < -0.3 is 4.90 Å². The molecule has 1 aliphatic rings. The Morgan fingerprint density at radius 2 is 1.87 bits per heavy atom. The molecule has 0 aromatic rings. The molecule has 0 saturated carbocycles. The van der Waals surface area contributed by atoms with Crippen LogP contribution in [0.2, 0.25) is 0 Å². The standard InChI is InChI=1S/C12H23N3/c1-12(2,3)14-11(9-13)10-15-7-5-4-6-8-15/h11,14H,4-8,10H2,1-3H3. The Hall–Kier alpha value is -0.590. The molecule has 86 valence electrons. The van der Waals surface area contributed by atoms with E-state index >= 15 is 0 Å². The minimum absolute atomic E-state index is 0.0240. The van der Waals surface area contributed by atoms with Gasteiger partial charge in [-0.3, -0.25) is 5.32 Å². The lowest BCUT2D eigenvalue weighted by molar-refractivity contribution is 0.207. The molecule has 0 aromatic heterocycles. The molecule has 1 fully saturated rings. The predicted octanol–water partition coefficient (Wildman–Crippen LogP) is 1.75. The average molecular weight is 209 g/mol. The molecule has 15 heavy (non-hydrogen) atoms. The molecular formula is C12H23N3. The fraction of sp³-hybridized carbons (Fsp3) is 0.917. The van der Waals surface area contributed by atoms with Gasteiger partial charge >= 0.3 is 0 Å². The van der Waals surface area contributed by atoms with E-state index in [1.165, 1.54) is 19.3 Å². The van der Waals surface area contributed by atoms with Crippen molar-refractivity contribution in [2.24, 2.45) is 0 Å². The maximum Gasteiger partial charge on any atom is 0.108 e. The lowest BCUT2D eigenvalue weighted by Gasteiger charge is -2.31. The van der Waals surface area contributed by atoms with Gasteiger partial charge in [0.05, 0.1) is 6.07 Å². The number of nitriles is 1. The summed E-state index contributed by atoms with van der Waals surface area (Å²) in [7, 11) is 0. The quantitative estimate of drug-likeness (QED) is 0.769. The maximum atomic E-state index is 9.08. The first-order valence-electron chi connectivity index (χ1n) is 5.91. The van der Waals surface area contributed by atoms with Crippen LogP contribution >= 0.6 is 0 Å². The highest BCUT2D eigenvalue weighted by atomic mass is 15.2. The second kappa shape index (κ2) is 5.48. The van der Waals surface area contributed by atoms with E-state index in [4.69, 9.17) is 5.26 Å². The summed E-state index contributed by atoms with van der Waals surface area (Å²) < 4.78 is 0. The molecule has 0 radical (unpaired) electrons. The number of nitrogens with zero attached hydrogens (tertiary/aromatic N) is 2. The van der Waals surface area contributed by atoms with Gasteiger partial charge in [0.15, 0.2) is 0 Å². The second-order valence-electron chi connectivity index (χ2n) is 5.44. The van der Waals surface area contributed by atoms with E-state index in [1.807, 2.05) is 0 Å². The molecule has 1 saturated heterocycles. The molecule has 3 heteroatoms. The summed E-state index contributed by atoms with van der Waals surface area (Å²) in [5.74, 6) is 0. The molecule has 0 bridgehead atoms. The first-order chi connectivity index (χ1) is 7.01. The van der Waals surface area contributed by atoms with Gasteiger partial charge in [-0.1, -0.05) is 6.42 Å². The summed E-state index contributed by atoms with van der Waals surface area (Å²) >= 11 is 0. The Labute approximate surface area is 93.5 Å². The lowest BCUT2D eigenvalue weighted by atomic mass is 10.1. The molecule has 1 aliphatic heterocycles. The van der Waals surface area contributed by atoms with Crippen molar-refractivity contribution in [3.63, 3.8) is 0 Å². The van der Waals surface area contributed by atoms with Crippen LogP contribution in [-0.2, 0) is 0 Å². The molecule has 0 aliphatic carbocycles. The van der Waals surface area contributed by atoms with Crippen LogP contribution in [-0.4, -0.2) is 36.1 Å². The molecule has 0 spiro atoms. The number of rotatable bonds is 3. The van der Waals surface area contributed by atoms with E-state index in [-0.39, 0.29) is 11.6 Å². The van der Waals surface area contributed by atoms with Crippen molar-refractivity contribution in [1.82, 2.24) is 10.2 Å². The molecule has 1 rings (SSSR count). The zero-order valence-corrected chi connectivity index (χ0v) is 10.2. The molecule has 0 aromatic carbocycles. The van der Waals surface area contributed by atoms with Crippen LogP contribution in [0.4, 0.5) is 0 Å². The summed E-state index contributed by atoms with van der Waals surface area (Å²) in [6, 6.07) is 2.31. The van der Waals surface area contributed by atoms with Crippen molar-refractivity contribution < 1.29 is 0 Å². The summed E-state index contributed by atoms with van der Waals surface area (Å²) in [6.07, 6.45) is 3.92. The van der Waals surface area contributed by atoms with Crippen LogP contribution < -0.4 is 5.32 Å².